The highest BCUT2D eigenvalue weighted by Gasteiger charge is 2.07. The molecule has 5 nitrogen and oxygen atoms in total. The molecule has 0 aliphatic carbocycles. The molecular formula is C23H24N2O3. The van der Waals surface area contributed by atoms with E-state index in [-0.39, 0.29) is 11.3 Å². The number of carbonyl (C=O) groups excluding carboxylic acids is 1. The van der Waals surface area contributed by atoms with E-state index in [4.69, 9.17) is 4.74 Å². The van der Waals surface area contributed by atoms with E-state index in [1.54, 1.807) is 48.6 Å². The summed E-state index contributed by atoms with van der Waals surface area (Å²) >= 11 is 0. The predicted molar refractivity (Wildman–Crippen MR) is 113 cm³/mol. The first-order chi connectivity index (χ1) is 13.5. The second-order valence-corrected chi connectivity index (χ2v) is 5.53. The van der Waals surface area contributed by atoms with E-state index in [2.05, 4.69) is 11.9 Å². The Morgan fingerprint density at radius 2 is 2.11 bits per heavy atom. The van der Waals surface area contributed by atoms with Crippen LogP contribution in [-0.2, 0) is 4.79 Å². The lowest BCUT2D eigenvalue weighted by molar-refractivity contribution is -0.116. The lowest BCUT2D eigenvalue weighted by Gasteiger charge is -2.04. The minimum atomic E-state index is -0.445. The summed E-state index contributed by atoms with van der Waals surface area (Å²) in [6, 6.07) is 6.87. The van der Waals surface area contributed by atoms with Crippen LogP contribution in [0.25, 0.3) is 6.08 Å². The molecule has 0 fully saturated rings. The van der Waals surface area contributed by atoms with Gasteiger partial charge >= 0.3 is 0 Å². The minimum Gasteiger partial charge on any atom is -0.504 e. The first-order valence-electron chi connectivity index (χ1n) is 8.60. The van der Waals surface area contributed by atoms with E-state index >= 15 is 0 Å². The molecule has 0 aromatic heterocycles. The minimum absolute atomic E-state index is 0.00869. The van der Waals surface area contributed by atoms with E-state index in [1.165, 1.54) is 13.2 Å². The number of allylic oxidation sites excluding steroid dienone is 7. The number of nitrogens with one attached hydrogen (secondary N) is 1. The third-order valence-electron chi connectivity index (χ3n) is 3.51. The molecular weight excluding hydrogens is 352 g/mol. The zero-order chi connectivity index (χ0) is 20.8. The monoisotopic (exact) mass is 376 g/mol. The fraction of sp³-hybridized carbons (Fsp3) is 0.130. The quantitative estimate of drug-likeness (QED) is 0.384. The molecule has 0 unspecified atom stereocenters. The molecule has 1 rings (SSSR count). The summed E-state index contributed by atoms with van der Waals surface area (Å²) in [6.07, 6.45) is 15.5. The summed E-state index contributed by atoms with van der Waals surface area (Å²) in [7, 11) is 1.48. The third-order valence-corrected chi connectivity index (χ3v) is 3.51. The number of carbonyl (C=O) groups is 1. The molecule has 1 aromatic rings. The van der Waals surface area contributed by atoms with Gasteiger partial charge in [-0.3, -0.25) is 4.79 Å². The van der Waals surface area contributed by atoms with Crippen LogP contribution < -0.4 is 10.1 Å². The molecule has 5 heteroatoms. The van der Waals surface area contributed by atoms with Gasteiger partial charge in [-0.25, -0.2) is 0 Å². The van der Waals surface area contributed by atoms with Crippen molar-refractivity contribution < 1.29 is 14.6 Å². The Kier molecular flexibility index (Phi) is 9.98. The van der Waals surface area contributed by atoms with Crippen LogP contribution in [-0.4, -0.2) is 24.7 Å². The molecule has 0 aliphatic heterocycles. The third kappa shape index (κ3) is 7.63. The maximum Gasteiger partial charge on any atom is 0.262 e. The number of benzene rings is 1. The summed E-state index contributed by atoms with van der Waals surface area (Å²) in [4.78, 5) is 12.1. The van der Waals surface area contributed by atoms with Gasteiger partial charge < -0.3 is 15.2 Å². The zero-order valence-corrected chi connectivity index (χ0v) is 16.1. The Morgan fingerprint density at radius 1 is 1.32 bits per heavy atom. The lowest BCUT2D eigenvalue weighted by atomic mass is 10.2. The Labute approximate surface area is 166 Å². The highest BCUT2D eigenvalue weighted by atomic mass is 16.5. The second kappa shape index (κ2) is 12.6. The molecule has 144 valence electrons. The number of nitrogens with zero attached hydrogens (tertiary/aromatic N) is 1. The molecule has 0 saturated heterocycles. The van der Waals surface area contributed by atoms with Gasteiger partial charge in [0, 0.05) is 6.54 Å². The Balaban J connectivity index is 2.71. The van der Waals surface area contributed by atoms with E-state index < -0.39 is 5.91 Å². The van der Waals surface area contributed by atoms with Gasteiger partial charge in [0.25, 0.3) is 5.91 Å². The van der Waals surface area contributed by atoms with E-state index in [9.17, 15) is 15.2 Å². The van der Waals surface area contributed by atoms with Crippen molar-refractivity contribution in [3.8, 4) is 17.6 Å². The molecule has 0 aliphatic rings. The number of hydrogen-bond acceptors (Lipinski definition) is 4. The maximum atomic E-state index is 12.1. The Morgan fingerprint density at radius 3 is 2.75 bits per heavy atom. The first-order valence-corrected chi connectivity index (χ1v) is 8.60. The Hall–Kier alpha value is -3.78. The molecule has 1 amide bonds. The fourth-order valence-electron chi connectivity index (χ4n) is 2.16. The van der Waals surface area contributed by atoms with Gasteiger partial charge in [0.1, 0.15) is 11.6 Å². The first kappa shape index (κ1) is 22.3. The van der Waals surface area contributed by atoms with E-state index in [0.29, 0.717) is 12.3 Å². The maximum absolute atomic E-state index is 12.1. The van der Waals surface area contributed by atoms with Gasteiger partial charge in [-0.15, -0.1) is 0 Å². The van der Waals surface area contributed by atoms with E-state index in [0.717, 1.165) is 11.1 Å². The van der Waals surface area contributed by atoms with Crippen molar-refractivity contribution >= 4 is 12.0 Å². The number of amides is 1. The van der Waals surface area contributed by atoms with Crippen molar-refractivity contribution in [2.75, 3.05) is 13.7 Å². The van der Waals surface area contributed by atoms with Gasteiger partial charge in [-0.05, 0) is 36.3 Å². The SMILES string of the molecule is C=C/C=C(\C=C/C)CNC(=O)/C(C#N)=C/C=C/C=C/c1ccc(O)c(OC)c1. The van der Waals surface area contributed by atoms with Crippen LogP contribution >= 0.6 is 0 Å². The summed E-state index contributed by atoms with van der Waals surface area (Å²) < 4.78 is 5.05. The molecule has 0 atom stereocenters. The second-order valence-electron chi connectivity index (χ2n) is 5.53. The van der Waals surface area contributed by atoms with Crippen molar-refractivity contribution in [3.05, 3.63) is 90.1 Å². The van der Waals surface area contributed by atoms with Gasteiger partial charge in [-0.2, -0.15) is 5.26 Å². The largest absolute Gasteiger partial charge is 0.504 e. The number of methoxy groups -OCH3 is 1. The summed E-state index contributed by atoms with van der Waals surface area (Å²) in [5.74, 6) is 0.0134. The molecule has 2 N–H and O–H groups in total. The van der Waals surface area contributed by atoms with Crippen molar-refractivity contribution in [3.63, 3.8) is 0 Å². The molecule has 0 radical (unpaired) electrons. The molecule has 0 spiro atoms. The van der Waals surface area contributed by atoms with Crippen molar-refractivity contribution in [1.29, 1.82) is 5.26 Å². The molecule has 0 heterocycles. The smallest absolute Gasteiger partial charge is 0.262 e. The number of phenols is 1. The number of phenolic OH excluding ortho intramolecular Hbond substituents is 1. The van der Waals surface area contributed by atoms with Crippen molar-refractivity contribution in [2.24, 2.45) is 0 Å². The number of aromatic hydroxyl groups is 1. The number of hydrogen-bond donors (Lipinski definition) is 2. The molecule has 0 bridgehead atoms. The van der Waals surface area contributed by atoms with Gasteiger partial charge in [0.2, 0.25) is 0 Å². The van der Waals surface area contributed by atoms with Gasteiger partial charge in [0.15, 0.2) is 11.5 Å². The summed E-state index contributed by atoms with van der Waals surface area (Å²) in [5, 5.41) is 21.4. The highest BCUT2D eigenvalue weighted by molar-refractivity contribution is 5.97. The van der Waals surface area contributed by atoms with Crippen LogP contribution in [0, 0.1) is 11.3 Å². The van der Waals surface area contributed by atoms with Gasteiger partial charge in [-0.1, -0.05) is 61.3 Å². The topological polar surface area (TPSA) is 82.4 Å². The van der Waals surface area contributed by atoms with Crippen molar-refractivity contribution in [1.82, 2.24) is 5.32 Å². The van der Waals surface area contributed by atoms with Crippen LogP contribution in [0.4, 0.5) is 0 Å². The molecule has 0 saturated carbocycles. The fourth-order valence-corrected chi connectivity index (χ4v) is 2.16. The van der Waals surface area contributed by atoms with Crippen molar-refractivity contribution in [2.45, 2.75) is 6.92 Å². The van der Waals surface area contributed by atoms with Crippen LogP contribution in [0.2, 0.25) is 0 Å². The predicted octanol–water partition coefficient (Wildman–Crippen LogP) is 4.22. The van der Waals surface area contributed by atoms with E-state index in [1.807, 2.05) is 31.2 Å². The summed E-state index contributed by atoms with van der Waals surface area (Å²) in [6.45, 7) is 5.82. The highest BCUT2D eigenvalue weighted by Crippen LogP contribution is 2.26. The summed E-state index contributed by atoms with van der Waals surface area (Å²) in [5.41, 5.74) is 1.73. The lowest BCUT2D eigenvalue weighted by Crippen LogP contribution is -2.26. The Bertz CT molecular complexity index is 882. The number of ether oxygens (including phenoxy) is 1. The average Bonchev–Trinajstić information content (AvgIpc) is 2.70. The molecule has 28 heavy (non-hydrogen) atoms. The van der Waals surface area contributed by atoms with Crippen LogP contribution in [0.15, 0.2) is 84.5 Å². The van der Waals surface area contributed by atoms with Gasteiger partial charge in [0.05, 0.1) is 7.11 Å². The standard InChI is InChI=1S/C23H24N2O3/c1-4-9-19(10-5-2)17-25-23(27)20(16-24)12-8-6-7-11-18-13-14-21(26)22(15-18)28-3/h4-15,26H,1,17H2,2-3H3,(H,25,27)/b8-6+,10-5-,11-7+,19-9+,20-12+. The number of rotatable bonds is 9. The van der Waals surface area contributed by atoms with Crippen LogP contribution in [0.5, 0.6) is 11.5 Å². The zero-order valence-electron chi connectivity index (χ0n) is 16.1. The van der Waals surface area contributed by atoms with Crippen LogP contribution in [0.3, 0.4) is 0 Å². The van der Waals surface area contributed by atoms with Crippen LogP contribution in [0.1, 0.15) is 12.5 Å². The molecule has 1 aromatic carbocycles. The number of nitriles is 1. The normalized spacial score (nSPS) is 12.5. The average molecular weight is 376 g/mol.